The number of hydrogen-bond acceptors (Lipinski definition) is 2. The molecule has 0 N–H and O–H groups in total. The first-order chi connectivity index (χ1) is 4.12. The van der Waals surface area contributed by atoms with E-state index >= 15 is 0 Å². The Bertz CT molecular complexity index is 106. The summed E-state index contributed by atoms with van der Waals surface area (Å²) in [4.78, 5) is 0. The molecule has 0 aromatic carbocycles. The first-order valence-corrected chi connectivity index (χ1v) is 6.27. The molecule has 0 aliphatic rings. The fourth-order valence-corrected chi connectivity index (χ4v) is 3.41. The van der Waals surface area contributed by atoms with Crippen LogP contribution in [0.15, 0.2) is 0 Å². The third kappa shape index (κ3) is 5.13. The monoisotopic (exact) mass is 214 g/mol. The Labute approximate surface area is 64.6 Å². The highest BCUT2D eigenvalue weighted by Crippen LogP contribution is 2.41. The lowest BCUT2D eigenvalue weighted by atomic mass is 10.9. The third-order valence-corrected chi connectivity index (χ3v) is 3.74. The van der Waals surface area contributed by atoms with Crippen LogP contribution in [-0.4, -0.2) is 24.8 Å². The quantitative estimate of drug-likeness (QED) is 0.531. The zero-order chi connectivity index (χ0) is 7.33. The first kappa shape index (κ1) is 9.67. The first-order valence-electron chi connectivity index (χ1n) is 2.89. The molecule has 0 bridgehead atoms. The van der Waals surface area contributed by atoms with Crippen LogP contribution < -0.4 is 0 Å². The van der Waals surface area contributed by atoms with E-state index in [1.807, 2.05) is 6.92 Å². The minimum atomic E-state index is -2.24. The van der Waals surface area contributed by atoms with Crippen molar-refractivity contribution in [2.45, 2.75) is 6.92 Å². The summed E-state index contributed by atoms with van der Waals surface area (Å²) in [5.41, 5.74) is 0. The highest BCUT2D eigenvalue weighted by molar-refractivity contribution is 9.09. The van der Waals surface area contributed by atoms with Gasteiger partial charge in [0.2, 0.25) is 7.37 Å². The van der Waals surface area contributed by atoms with E-state index in [1.165, 1.54) is 0 Å². The Morgan fingerprint density at radius 1 is 1.67 bits per heavy atom. The molecular weight excluding hydrogens is 203 g/mol. The van der Waals surface area contributed by atoms with Gasteiger partial charge in [0.25, 0.3) is 0 Å². The lowest BCUT2D eigenvalue weighted by molar-refractivity contribution is 0.338. The molecular formula is C5H12BrO2P. The van der Waals surface area contributed by atoms with Crippen LogP contribution in [-0.2, 0) is 9.09 Å². The molecule has 0 aliphatic carbocycles. The van der Waals surface area contributed by atoms with Gasteiger partial charge in [0.15, 0.2) is 0 Å². The van der Waals surface area contributed by atoms with Gasteiger partial charge >= 0.3 is 0 Å². The molecule has 0 fully saturated rings. The summed E-state index contributed by atoms with van der Waals surface area (Å²) in [5.74, 6) is 0. The lowest BCUT2D eigenvalue weighted by Gasteiger charge is -2.09. The van der Waals surface area contributed by atoms with Crippen molar-refractivity contribution in [1.82, 2.24) is 0 Å². The second-order valence-electron chi connectivity index (χ2n) is 1.84. The number of rotatable bonds is 4. The summed E-state index contributed by atoms with van der Waals surface area (Å²) in [6, 6.07) is 0. The Morgan fingerprint density at radius 3 is 2.56 bits per heavy atom. The van der Waals surface area contributed by atoms with Gasteiger partial charge in [-0.25, -0.2) is 0 Å². The van der Waals surface area contributed by atoms with Gasteiger partial charge in [0, 0.05) is 18.2 Å². The zero-order valence-corrected chi connectivity index (χ0v) is 8.24. The van der Waals surface area contributed by atoms with E-state index in [-0.39, 0.29) is 0 Å². The Kier molecular flexibility index (Phi) is 4.81. The van der Waals surface area contributed by atoms with Crippen molar-refractivity contribution >= 4 is 23.3 Å². The van der Waals surface area contributed by atoms with Gasteiger partial charge in [-0.15, -0.1) is 0 Å². The number of hydrogen-bond donors (Lipinski definition) is 0. The molecule has 0 radical (unpaired) electrons. The molecule has 0 saturated heterocycles. The van der Waals surface area contributed by atoms with Gasteiger partial charge < -0.3 is 4.52 Å². The fourth-order valence-electron chi connectivity index (χ4n) is 0.491. The third-order valence-electron chi connectivity index (χ3n) is 0.893. The SMILES string of the molecule is CCOP(C)(=O)CCBr. The fraction of sp³-hybridized carbons (Fsp3) is 1.00. The molecule has 1 unspecified atom stereocenters. The van der Waals surface area contributed by atoms with Crippen molar-refractivity contribution in [3.8, 4) is 0 Å². The molecule has 4 heteroatoms. The molecule has 0 aliphatic heterocycles. The summed E-state index contributed by atoms with van der Waals surface area (Å²) in [7, 11) is -2.24. The van der Waals surface area contributed by atoms with E-state index in [0.717, 1.165) is 5.33 Å². The minimum Gasteiger partial charge on any atom is -0.329 e. The highest BCUT2D eigenvalue weighted by atomic mass is 79.9. The molecule has 0 aromatic heterocycles. The summed E-state index contributed by atoms with van der Waals surface area (Å²) in [6.07, 6.45) is 0.626. The second kappa shape index (κ2) is 4.48. The maximum atomic E-state index is 11.2. The molecule has 0 heterocycles. The normalized spacial score (nSPS) is 17.2. The topological polar surface area (TPSA) is 26.3 Å². The second-order valence-corrected chi connectivity index (χ2v) is 5.37. The van der Waals surface area contributed by atoms with Crippen molar-refractivity contribution in [2.75, 3.05) is 24.8 Å². The Hall–Kier alpha value is 0.670. The molecule has 0 spiro atoms. The van der Waals surface area contributed by atoms with E-state index in [1.54, 1.807) is 6.66 Å². The van der Waals surface area contributed by atoms with Crippen LogP contribution in [0.5, 0.6) is 0 Å². The van der Waals surface area contributed by atoms with Crippen LogP contribution >= 0.6 is 23.3 Å². The van der Waals surface area contributed by atoms with Crippen molar-refractivity contribution < 1.29 is 9.09 Å². The molecule has 0 saturated carbocycles. The molecule has 9 heavy (non-hydrogen) atoms. The van der Waals surface area contributed by atoms with E-state index in [2.05, 4.69) is 15.9 Å². The largest absolute Gasteiger partial charge is 0.329 e. The standard InChI is InChI=1S/C5H12BrO2P/c1-3-8-9(2,7)5-4-6/h3-5H2,1-2H3. The molecule has 0 aromatic rings. The number of alkyl halides is 1. The van der Waals surface area contributed by atoms with Crippen molar-refractivity contribution in [1.29, 1.82) is 0 Å². The predicted molar refractivity (Wildman–Crippen MR) is 43.8 cm³/mol. The van der Waals surface area contributed by atoms with E-state index in [4.69, 9.17) is 4.52 Å². The van der Waals surface area contributed by atoms with E-state index in [0.29, 0.717) is 12.8 Å². The van der Waals surface area contributed by atoms with Gasteiger partial charge in [-0.2, -0.15) is 0 Å². The van der Waals surface area contributed by atoms with Crippen LogP contribution in [0.25, 0.3) is 0 Å². The average molecular weight is 215 g/mol. The predicted octanol–water partition coefficient (Wildman–Crippen LogP) is 2.33. The van der Waals surface area contributed by atoms with Crippen LogP contribution in [0, 0.1) is 0 Å². The van der Waals surface area contributed by atoms with Crippen molar-refractivity contribution in [3.63, 3.8) is 0 Å². The maximum Gasteiger partial charge on any atom is 0.201 e. The smallest absolute Gasteiger partial charge is 0.201 e. The van der Waals surface area contributed by atoms with Crippen molar-refractivity contribution in [3.05, 3.63) is 0 Å². The summed E-state index contributed by atoms with van der Waals surface area (Å²) in [6.45, 7) is 4.06. The Balaban J connectivity index is 3.58. The maximum absolute atomic E-state index is 11.2. The molecule has 0 rings (SSSR count). The lowest BCUT2D eigenvalue weighted by Crippen LogP contribution is -1.93. The van der Waals surface area contributed by atoms with Gasteiger partial charge in [-0.1, -0.05) is 15.9 Å². The van der Waals surface area contributed by atoms with Gasteiger partial charge in [-0.3, -0.25) is 4.57 Å². The van der Waals surface area contributed by atoms with Crippen LogP contribution in [0.2, 0.25) is 0 Å². The van der Waals surface area contributed by atoms with Gasteiger partial charge in [-0.05, 0) is 6.92 Å². The van der Waals surface area contributed by atoms with Gasteiger partial charge in [0.05, 0.1) is 6.61 Å². The molecule has 0 amide bonds. The van der Waals surface area contributed by atoms with Crippen LogP contribution in [0.4, 0.5) is 0 Å². The molecule has 56 valence electrons. The summed E-state index contributed by atoms with van der Waals surface area (Å²) in [5, 5.41) is 0.751. The zero-order valence-electron chi connectivity index (χ0n) is 5.76. The van der Waals surface area contributed by atoms with Crippen LogP contribution in [0.3, 0.4) is 0 Å². The molecule has 2 nitrogen and oxygen atoms in total. The summed E-state index contributed by atoms with van der Waals surface area (Å²) < 4.78 is 16.2. The number of halogens is 1. The Morgan fingerprint density at radius 2 is 2.22 bits per heavy atom. The minimum absolute atomic E-state index is 0.542. The van der Waals surface area contributed by atoms with E-state index in [9.17, 15) is 4.57 Å². The van der Waals surface area contributed by atoms with E-state index < -0.39 is 7.37 Å². The van der Waals surface area contributed by atoms with Crippen LogP contribution in [0.1, 0.15) is 6.92 Å². The average Bonchev–Trinajstić information content (AvgIpc) is 1.64. The van der Waals surface area contributed by atoms with Crippen molar-refractivity contribution in [2.24, 2.45) is 0 Å². The van der Waals surface area contributed by atoms with Gasteiger partial charge in [0.1, 0.15) is 0 Å². The highest BCUT2D eigenvalue weighted by Gasteiger charge is 2.12. The molecule has 1 atom stereocenters. The summed E-state index contributed by atoms with van der Waals surface area (Å²) >= 11 is 3.20.